The van der Waals surface area contributed by atoms with E-state index in [0.29, 0.717) is 17.7 Å². The van der Waals surface area contributed by atoms with Crippen molar-refractivity contribution in [2.24, 2.45) is 11.8 Å². The average molecular weight is 279 g/mol. The molecule has 0 spiro atoms. The van der Waals surface area contributed by atoms with Crippen LogP contribution in [-0.4, -0.2) is 22.5 Å². The quantitative estimate of drug-likeness (QED) is 0.918. The molecule has 2 nitrogen and oxygen atoms in total. The van der Waals surface area contributed by atoms with Gasteiger partial charge in [0, 0.05) is 22.6 Å². The van der Waals surface area contributed by atoms with Crippen molar-refractivity contribution in [3.8, 4) is 0 Å². The van der Waals surface area contributed by atoms with Gasteiger partial charge in [0.2, 0.25) is 0 Å². The maximum Gasteiger partial charge on any atom is 0.0530 e. The standard InChI is InChI=1S/C16H25NOS/c1-12-9-13(2)16(15(10-12)17-3)19(18)11-14-7-5-4-6-8-14/h4-8,12-13,15-17H,9-11H2,1-3H3. The Balaban J connectivity index is 2.08. The van der Waals surface area contributed by atoms with Crippen molar-refractivity contribution >= 4 is 10.8 Å². The molecule has 1 saturated carbocycles. The van der Waals surface area contributed by atoms with Gasteiger partial charge in [-0.3, -0.25) is 4.21 Å². The Morgan fingerprint density at radius 3 is 2.53 bits per heavy atom. The molecule has 19 heavy (non-hydrogen) atoms. The Morgan fingerprint density at radius 1 is 1.21 bits per heavy atom. The fourth-order valence-electron chi connectivity index (χ4n) is 3.39. The topological polar surface area (TPSA) is 29.1 Å². The summed E-state index contributed by atoms with van der Waals surface area (Å²) in [6.07, 6.45) is 2.34. The van der Waals surface area contributed by atoms with E-state index in [0.717, 1.165) is 12.3 Å². The third-order valence-corrected chi connectivity index (χ3v) is 6.23. The minimum atomic E-state index is -0.795. The van der Waals surface area contributed by atoms with Crippen LogP contribution < -0.4 is 5.32 Å². The molecular formula is C16H25NOS. The highest BCUT2D eigenvalue weighted by Gasteiger charge is 2.36. The molecule has 0 aliphatic heterocycles. The Bertz CT molecular complexity index is 420. The first-order valence-electron chi connectivity index (χ1n) is 7.20. The monoisotopic (exact) mass is 279 g/mol. The van der Waals surface area contributed by atoms with Crippen LogP contribution in [-0.2, 0) is 16.6 Å². The predicted molar refractivity (Wildman–Crippen MR) is 82.5 cm³/mol. The summed E-state index contributed by atoms with van der Waals surface area (Å²) in [6, 6.07) is 10.6. The molecule has 0 amide bonds. The summed E-state index contributed by atoms with van der Waals surface area (Å²) in [5.74, 6) is 1.95. The first-order valence-corrected chi connectivity index (χ1v) is 8.58. The first-order chi connectivity index (χ1) is 9.11. The predicted octanol–water partition coefficient (Wildman–Crippen LogP) is 2.96. The van der Waals surface area contributed by atoms with Crippen molar-refractivity contribution in [2.45, 2.75) is 43.7 Å². The highest BCUT2D eigenvalue weighted by Crippen LogP contribution is 2.33. The molecule has 0 aromatic heterocycles. The molecule has 0 saturated heterocycles. The lowest BCUT2D eigenvalue weighted by Gasteiger charge is -2.39. The SMILES string of the molecule is CNC1CC(C)CC(C)C1S(=O)Cc1ccccc1. The second-order valence-corrected chi connectivity index (χ2v) is 7.52. The van der Waals surface area contributed by atoms with Gasteiger partial charge in [-0.15, -0.1) is 0 Å². The molecule has 3 heteroatoms. The lowest BCUT2D eigenvalue weighted by Crippen LogP contribution is -2.49. The maximum absolute atomic E-state index is 12.7. The minimum Gasteiger partial charge on any atom is -0.316 e. The van der Waals surface area contributed by atoms with Crippen molar-refractivity contribution < 1.29 is 4.21 Å². The number of benzene rings is 1. The summed E-state index contributed by atoms with van der Waals surface area (Å²) in [5.41, 5.74) is 1.18. The summed E-state index contributed by atoms with van der Waals surface area (Å²) in [4.78, 5) is 0. The minimum absolute atomic E-state index is 0.279. The summed E-state index contributed by atoms with van der Waals surface area (Å²) < 4.78 is 12.7. The molecule has 1 aromatic carbocycles. The van der Waals surface area contributed by atoms with E-state index in [2.05, 4.69) is 31.3 Å². The van der Waals surface area contributed by atoms with Crippen molar-refractivity contribution in [3.63, 3.8) is 0 Å². The van der Waals surface area contributed by atoms with Crippen molar-refractivity contribution in [1.29, 1.82) is 0 Å². The Labute approximate surface area is 119 Å². The molecule has 1 aliphatic rings. The van der Waals surface area contributed by atoms with E-state index in [9.17, 15) is 4.21 Å². The van der Waals surface area contributed by atoms with Crippen LogP contribution in [0.5, 0.6) is 0 Å². The zero-order valence-electron chi connectivity index (χ0n) is 12.1. The van der Waals surface area contributed by atoms with Crippen molar-refractivity contribution in [1.82, 2.24) is 5.32 Å². The molecule has 1 aliphatic carbocycles. The number of hydrogen-bond donors (Lipinski definition) is 1. The van der Waals surface area contributed by atoms with Gasteiger partial charge in [-0.2, -0.15) is 0 Å². The summed E-state index contributed by atoms with van der Waals surface area (Å²) in [7, 11) is 1.21. The largest absolute Gasteiger partial charge is 0.316 e. The summed E-state index contributed by atoms with van der Waals surface area (Å²) >= 11 is 0. The molecule has 1 fully saturated rings. The van der Waals surface area contributed by atoms with Crippen LogP contribution in [0.4, 0.5) is 0 Å². The summed E-state index contributed by atoms with van der Waals surface area (Å²) in [5, 5.41) is 3.67. The van der Waals surface area contributed by atoms with Gasteiger partial charge >= 0.3 is 0 Å². The van der Waals surface area contributed by atoms with E-state index in [4.69, 9.17) is 0 Å². The van der Waals surface area contributed by atoms with Gasteiger partial charge < -0.3 is 5.32 Å². The van der Waals surface area contributed by atoms with Gasteiger partial charge in [-0.1, -0.05) is 44.2 Å². The molecule has 0 heterocycles. The van der Waals surface area contributed by atoms with E-state index in [1.807, 2.05) is 25.2 Å². The Kier molecular flexibility index (Phi) is 5.17. The van der Waals surface area contributed by atoms with Crippen LogP contribution in [0.1, 0.15) is 32.3 Å². The normalized spacial score (nSPS) is 33.0. The molecule has 5 unspecified atom stereocenters. The van der Waals surface area contributed by atoms with E-state index in [-0.39, 0.29) is 5.25 Å². The van der Waals surface area contributed by atoms with Crippen LogP contribution in [0, 0.1) is 11.8 Å². The van der Waals surface area contributed by atoms with Gasteiger partial charge in [0.05, 0.1) is 5.25 Å². The third kappa shape index (κ3) is 3.67. The van der Waals surface area contributed by atoms with Crippen molar-refractivity contribution in [3.05, 3.63) is 35.9 Å². The lowest BCUT2D eigenvalue weighted by atomic mass is 9.80. The number of nitrogens with one attached hydrogen (secondary N) is 1. The van der Waals surface area contributed by atoms with Gasteiger partial charge in [0.25, 0.3) is 0 Å². The fourth-order valence-corrected chi connectivity index (χ4v) is 5.34. The first kappa shape index (κ1) is 14.7. The van der Waals surface area contributed by atoms with Crippen molar-refractivity contribution in [2.75, 3.05) is 7.05 Å². The van der Waals surface area contributed by atoms with Gasteiger partial charge in [-0.25, -0.2) is 0 Å². The van der Waals surface area contributed by atoms with E-state index >= 15 is 0 Å². The van der Waals surface area contributed by atoms with Crippen LogP contribution in [0.25, 0.3) is 0 Å². The molecule has 106 valence electrons. The highest BCUT2D eigenvalue weighted by molar-refractivity contribution is 7.84. The second-order valence-electron chi connectivity index (χ2n) is 5.92. The molecule has 1 aromatic rings. The second kappa shape index (κ2) is 6.67. The Morgan fingerprint density at radius 2 is 1.89 bits per heavy atom. The molecule has 0 radical (unpaired) electrons. The Hall–Kier alpha value is -0.670. The fraction of sp³-hybridized carbons (Fsp3) is 0.625. The average Bonchev–Trinajstić information content (AvgIpc) is 2.38. The van der Waals surface area contributed by atoms with Gasteiger partial charge in [0.15, 0.2) is 0 Å². The maximum atomic E-state index is 12.7. The van der Waals surface area contributed by atoms with Crippen LogP contribution in [0.2, 0.25) is 0 Å². The third-order valence-electron chi connectivity index (χ3n) is 4.21. The molecule has 1 N–H and O–H groups in total. The van der Waals surface area contributed by atoms with Gasteiger partial charge in [-0.05, 0) is 37.3 Å². The summed E-state index contributed by atoms with van der Waals surface area (Å²) in [6.45, 7) is 4.56. The highest BCUT2D eigenvalue weighted by atomic mass is 32.2. The zero-order valence-corrected chi connectivity index (χ0v) is 13.0. The lowest BCUT2D eigenvalue weighted by molar-refractivity contribution is 0.253. The number of rotatable bonds is 4. The smallest absolute Gasteiger partial charge is 0.0530 e. The van der Waals surface area contributed by atoms with E-state index < -0.39 is 10.8 Å². The molecular weight excluding hydrogens is 254 g/mol. The molecule has 5 atom stereocenters. The number of hydrogen-bond acceptors (Lipinski definition) is 2. The van der Waals surface area contributed by atoms with Crippen LogP contribution in [0.15, 0.2) is 30.3 Å². The van der Waals surface area contributed by atoms with E-state index in [1.165, 1.54) is 12.0 Å². The molecule has 2 rings (SSSR count). The molecule has 0 bridgehead atoms. The van der Waals surface area contributed by atoms with Gasteiger partial charge in [0.1, 0.15) is 0 Å². The van der Waals surface area contributed by atoms with Crippen LogP contribution >= 0.6 is 0 Å². The van der Waals surface area contributed by atoms with Crippen LogP contribution in [0.3, 0.4) is 0 Å². The van der Waals surface area contributed by atoms with E-state index in [1.54, 1.807) is 0 Å². The zero-order chi connectivity index (χ0) is 13.8.